The topological polar surface area (TPSA) is 49.9 Å². The van der Waals surface area contributed by atoms with Crippen molar-refractivity contribution in [2.24, 2.45) is 0 Å². The Morgan fingerprint density at radius 3 is 2.45 bits per heavy atom. The molecule has 3 rings (SSSR count). The molecule has 1 radical (unpaired) electrons. The van der Waals surface area contributed by atoms with E-state index >= 15 is 0 Å². The minimum atomic E-state index is -3.46. The molecule has 0 aliphatic carbocycles. The molecular weight excluding hydrogens is 294 g/mol. The van der Waals surface area contributed by atoms with Crippen LogP contribution in [0.4, 0.5) is 0 Å². The van der Waals surface area contributed by atoms with Crippen LogP contribution in [-0.4, -0.2) is 13.4 Å². The van der Waals surface area contributed by atoms with Crippen LogP contribution in [0.25, 0.3) is 10.9 Å². The Kier molecular flexibility index (Phi) is 3.79. The number of fused-ring (bicyclic) bond motifs is 1. The van der Waals surface area contributed by atoms with E-state index in [-0.39, 0.29) is 6.42 Å². The number of H-pyrrole nitrogens is 1. The van der Waals surface area contributed by atoms with Crippen LogP contribution in [-0.2, 0) is 9.84 Å². The average Bonchev–Trinajstić information content (AvgIpc) is 2.92. The summed E-state index contributed by atoms with van der Waals surface area (Å²) in [6, 6.07) is 14.7. The molecule has 1 N–H and O–H groups in total. The van der Waals surface area contributed by atoms with E-state index in [0.717, 1.165) is 22.0 Å². The van der Waals surface area contributed by atoms with Gasteiger partial charge in [0, 0.05) is 17.1 Å². The predicted octanol–water partition coefficient (Wildman–Crippen LogP) is 4.22. The number of hydrogen-bond donors (Lipinski definition) is 1. The summed E-state index contributed by atoms with van der Waals surface area (Å²) in [4.78, 5) is 3.49. The maximum Gasteiger partial charge on any atom is 0.185 e. The number of rotatable bonds is 4. The van der Waals surface area contributed by atoms with Gasteiger partial charge in [0.2, 0.25) is 0 Å². The Morgan fingerprint density at radius 1 is 1.09 bits per heavy atom. The number of aromatic nitrogens is 1. The van der Waals surface area contributed by atoms with Crippen molar-refractivity contribution in [2.45, 2.75) is 23.5 Å². The second-order valence-electron chi connectivity index (χ2n) is 5.42. The zero-order valence-electron chi connectivity index (χ0n) is 12.4. The Labute approximate surface area is 130 Å². The fourth-order valence-electron chi connectivity index (χ4n) is 2.73. The lowest BCUT2D eigenvalue weighted by atomic mass is 10.1. The largest absolute Gasteiger partial charge is 0.361 e. The van der Waals surface area contributed by atoms with Crippen molar-refractivity contribution in [3.8, 4) is 0 Å². The number of para-hydroxylation sites is 1. The zero-order chi connectivity index (χ0) is 15.7. The van der Waals surface area contributed by atoms with Crippen LogP contribution in [0.15, 0.2) is 59.6 Å². The molecule has 113 valence electrons. The van der Waals surface area contributed by atoms with Gasteiger partial charge in [0.1, 0.15) is 0 Å². The van der Waals surface area contributed by atoms with Gasteiger partial charge in [-0.1, -0.05) is 42.8 Å². The summed E-state index contributed by atoms with van der Waals surface area (Å²) >= 11 is 0. The van der Waals surface area contributed by atoms with Gasteiger partial charge in [-0.15, -0.1) is 0 Å². The molecule has 4 heteroatoms. The van der Waals surface area contributed by atoms with Gasteiger partial charge in [-0.05, 0) is 37.1 Å². The van der Waals surface area contributed by atoms with Gasteiger partial charge in [-0.3, -0.25) is 0 Å². The molecule has 0 fully saturated rings. The maximum atomic E-state index is 13.0. The maximum absolute atomic E-state index is 13.0. The number of sulfone groups is 1. The molecule has 2 aromatic carbocycles. The highest BCUT2D eigenvalue weighted by molar-refractivity contribution is 7.91. The number of aryl methyl sites for hydroxylation is 1. The molecule has 0 aliphatic rings. The predicted molar refractivity (Wildman–Crippen MR) is 89.4 cm³/mol. The van der Waals surface area contributed by atoms with Crippen LogP contribution >= 0.6 is 0 Å². The minimum Gasteiger partial charge on any atom is -0.361 e. The van der Waals surface area contributed by atoms with Gasteiger partial charge in [-0.2, -0.15) is 0 Å². The van der Waals surface area contributed by atoms with Crippen molar-refractivity contribution < 1.29 is 8.42 Å². The van der Waals surface area contributed by atoms with Gasteiger partial charge in [-0.25, -0.2) is 8.42 Å². The van der Waals surface area contributed by atoms with E-state index in [0.29, 0.717) is 4.90 Å². The van der Waals surface area contributed by atoms with Gasteiger partial charge < -0.3 is 4.98 Å². The van der Waals surface area contributed by atoms with Crippen LogP contribution in [0.5, 0.6) is 0 Å². The van der Waals surface area contributed by atoms with Crippen LogP contribution < -0.4 is 0 Å². The molecule has 22 heavy (non-hydrogen) atoms. The fraction of sp³-hybridized carbons (Fsp3) is 0.167. The lowest BCUT2D eigenvalue weighted by Crippen LogP contribution is -2.13. The first-order valence-corrected chi connectivity index (χ1v) is 8.74. The molecule has 3 aromatic rings. The van der Waals surface area contributed by atoms with Gasteiger partial charge in [0.25, 0.3) is 0 Å². The van der Waals surface area contributed by atoms with Crippen LogP contribution in [0, 0.1) is 13.8 Å². The van der Waals surface area contributed by atoms with E-state index in [1.165, 1.54) is 0 Å². The first kappa shape index (κ1) is 14.9. The summed E-state index contributed by atoms with van der Waals surface area (Å²) in [5, 5.41) is 0.290. The molecule has 0 bridgehead atoms. The second kappa shape index (κ2) is 5.61. The Morgan fingerprint density at radius 2 is 1.77 bits per heavy atom. The number of nitrogens with one attached hydrogen (secondary N) is 1. The van der Waals surface area contributed by atoms with Crippen LogP contribution in [0.2, 0.25) is 0 Å². The average molecular weight is 312 g/mol. The molecule has 0 saturated heterocycles. The molecule has 0 aliphatic heterocycles. The SMILES string of the molecule is [CH2]CC(c1c[nH]c2ccccc12)S(=O)(=O)c1ccc(C)cc1. The third-order valence-corrected chi connectivity index (χ3v) is 6.12. The van der Waals surface area contributed by atoms with E-state index in [2.05, 4.69) is 11.9 Å². The summed E-state index contributed by atoms with van der Waals surface area (Å²) in [6.45, 7) is 5.80. The van der Waals surface area contributed by atoms with E-state index in [1.807, 2.05) is 43.3 Å². The molecule has 0 amide bonds. The van der Waals surface area contributed by atoms with Crippen LogP contribution in [0.1, 0.15) is 22.8 Å². The standard InChI is InChI=1S/C18H18NO2S/c1-3-18(16-12-19-17-7-5-4-6-15(16)17)22(20,21)14-10-8-13(2)9-11-14/h4-12,18-19H,1,3H2,2H3. The molecule has 1 atom stereocenters. The highest BCUT2D eigenvalue weighted by atomic mass is 32.2. The molecular formula is C18H18NO2S. The summed E-state index contributed by atoms with van der Waals surface area (Å²) < 4.78 is 25.9. The number of aromatic amines is 1. The highest BCUT2D eigenvalue weighted by Crippen LogP contribution is 2.35. The van der Waals surface area contributed by atoms with Gasteiger partial charge in [0.05, 0.1) is 10.1 Å². The van der Waals surface area contributed by atoms with Crippen LogP contribution in [0.3, 0.4) is 0 Å². The Balaban J connectivity index is 2.12. The first-order chi connectivity index (χ1) is 10.5. The lowest BCUT2D eigenvalue weighted by Gasteiger charge is -2.16. The van der Waals surface area contributed by atoms with E-state index in [1.54, 1.807) is 18.3 Å². The molecule has 0 spiro atoms. The minimum absolute atomic E-state index is 0.290. The Bertz CT molecular complexity index is 892. The first-order valence-electron chi connectivity index (χ1n) is 7.20. The smallest absolute Gasteiger partial charge is 0.185 e. The summed E-state index contributed by atoms with van der Waals surface area (Å²) in [7, 11) is -3.46. The van der Waals surface area contributed by atoms with Crippen molar-refractivity contribution in [1.29, 1.82) is 0 Å². The fourth-order valence-corrected chi connectivity index (χ4v) is 4.41. The highest BCUT2D eigenvalue weighted by Gasteiger charge is 2.29. The number of hydrogen-bond acceptors (Lipinski definition) is 2. The van der Waals surface area contributed by atoms with Crippen molar-refractivity contribution in [2.75, 3.05) is 0 Å². The summed E-state index contributed by atoms with van der Waals surface area (Å²) in [5.74, 6) is 0. The molecule has 0 saturated carbocycles. The molecule has 3 nitrogen and oxygen atoms in total. The molecule has 1 unspecified atom stereocenters. The van der Waals surface area contributed by atoms with Crippen molar-refractivity contribution in [3.63, 3.8) is 0 Å². The second-order valence-corrected chi connectivity index (χ2v) is 7.56. The summed E-state index contributed by atoms with van der Waals surface area (Å²) in [6.07, 6.45) is 2.07. The van der Waals surface area contributed by atoms with Crippen molar-refractivity contribution in [1.82, 2.24) is 4.98 Å². The number of benzene rings is 2. The third-order valence-electron chi connectivity index (χ3n) is 3.95. The third kappa shape index (κ3) is 2.44. The van der Waals surface area contributed by atoms with Crippen molar-refractivity contribution in [3.05, 3.63) is 72.8 Å². The summed E-state index contributed by atoms with van der Waals surface area (Å²) in [5.41, 5.74) is 2.76. The zero-order valence-corrected chi connectivity index (χ0v) is 13.2. The normalized spacial score (nSPS) is 13.4. The van der Waals surface area contributed by atoms with Gasteiger partial charge in [0.15, 0.2) is 9.84 Å². The van der Waals surface area contributed by atoms with E-state index in [9.17, 15) is 8.42 Å². The van der Waals surface area contributed by atoms with Crippen molar-refractivity contribution >= 4 is 20.7 Å². The molecule has 1 heterocycles. The quantitative estimate of drug-likeness (QED) is 0.784. The van der Waals surface area contributed by atoms with E-state index < -0.39 is 15.1 Å². The lowest BCUT2D eigenvalue weighted by molar-refractivity contribution is 0.582. The Hall–Kier alpha value is -2.07. The molecule has 1 aromatic heterocycles. The van der Waals surface area contributed by atoms with Gasteiger partial charge >= 0.3 is 0 Å². The monoisotopic (exact) mass is 312 g/mol. The van der Waals surface area contributed by atoms with E-state index in [4.69, 9.17) is 0 Å².